The van der Waals surface area contributed by atoms with E-state index in [2.05, 4.69) is 76.4 Å². The number of hydrogen-bond acceptors (Lipinski definition) is 2. The van der Waals surface area contributed by atoms with E-state index in [1.165, 1.54) is 32.5 Å². The minimum atomic E-state index is 0.0979. The lowest BCUT2D eigenvalue weighted by atomic mass is 9.73. The first kappa shape index (κ1) is 19.3. The molecule has 1 fully saturated rings. The van der Waals surface area contributed by atoms with Crippen LogP contribution in [0, 0.1) is 28.6 Å². The van der Waals surface area contributed by atoms with Crippen LogP contribution in [-0.4, -0.2) is 50.1 Å². The molecule has 0 aromatic heterocycles. The molecule has 0 unspecified atom stereocenters. The van der Waals surface area contributed by atoms with Gasteiger partial charge in [-0.3, -0.25) is 4.90 Å². The maximum absolute atomic E-state index is 3.24. The van der Waals surface area contributed by atoms with E-state index in [-0.39, 0.29) is 5.41 Å². The van der Waals surface area contributed by atoms with Crippen molar-refractivity contribution in [3.63, 3.8) is 0 Å². The number of allylic oxidation sites excluding steroid dienone is 1. The van der Waals surface area contributed by atoms with E-state index in [1.807, 2.05) is 6.08 Å². The van der Waals surface area contributed by atoms with Gasteiger partial charge in [0.15, 0.2) is 0 Å². The van der Waals surface area contributed by atoms with Crippen molar-refractivity contribution in [2.45, 2.75) is 47.5 Å². The molecule has 1 aliphatic rings. The molecule has 0 N–H and O–H groups in total. The van der Waals surface area contributed by atoms with Gasteiger partial charge in [0.2, 0.25) is 0 Å². The normalized spacial score (nSPS) is 18.7. The highest BCUT2D eigenvalue weighted by Crippen LogP contribution is 2.35. The molecule has 1 rings (SSSR count). The number of nitrogens with zero attached hydrogens (tertiary/aromatic N) is 2. The SMILES string of the molecule is CN(C)CC(C)(C)C1CCN(C/C=C/C#CC(C)(C)C)CC1. The molecular weight excluding hydrogens is 268 g/mol. The Bertz CT molecular complexity index is 407. The Morgan fingerprint density at radius 2 is 1.68 bits per heavy atom. The van der Waals surface area contributed by atoms with Crippen LogP contribution < -0.4 is 0 Å². The van der Waals surface area contributed by atoms with Crippen molar-refractivity contribution in [3.05, 3.63) is 12.2 Å². The Labute approximate surface area is 138 Å². The number of hydrogen-bond donors (Lipinski definition) is 0. The van der Waals surface area contributed by atoms with Crippen molar-refractivity contribution in [1.82, 2.24) is 9.80 Å². The minimum absolute atomic E-state index is 0.0979. The summed E-state index contributed by atoms with van der Waals surface area (Å²) in [4.78, 5) is 4.88. The average Bonchev–Trinajstić information content (AvgIpc) is 2.36. The van der Waals surface area contributed by atoms with Crippen LogP contribution in [-0.2, 0) is 0 Å². The van der Waals surface area contributed by atoms with Gasteiger partial charge in [-0.05, 0) is 78.2 Å². The smallest absolute Gasteiger partial charge is 0.0233 e. The van der Waals surface area contributed by atoms with E-state index < -0.39 is 0 Å². The van der Waals surface area contributed by atoms with Crippen molar-refractivity contribution in [2.75, 3.05) is 40.3 Å². The van der Waals surface area contributed by atoms with Crippen LogP contribution in [0.25, 0.3) is 0 Å². The van der Waals surface area contributed by atoms with Gasteiger partial charge in [-0.25, -0.2) is 0 Å². The maximum atomic E-state index is 3.24. The van der Waals surface area contributed by atoms with Gasteiger partial charge in [0, 0.05) is 18.5 Å². The molecule has 0 atom stereocenters. The quantitative estimate of drug-likeness (QED) is 0.711. The Morgan fingerprint density at radius 1 is 1.09 bits per heavy atom. The first-order valence-electron chi connectivity index (χ1n) is 8.65. The highest BCUT2D eigenvalue weighted by Gasteiger charge is 2.32. The van der Waals surface area contributed by atoms with Crippen molar-refractivity contribution < 1.29 is 0 Å². The van der Waals surface area contributed by atoms with Crippen molar-refractivity contribution in [3.8, 4) is 11.8 Å². The lowest BCUT2D eigenvalue weighted by Crippen LogP contribution is -2.42. The first-order chi connectivity index (χ1) is 10.1. The Kier molecular flexibility index (Phi) is 7.16. The summed E-state index contributed by atoms with van der Waals surface area (Å²) in [5.74, 6) is 7.24. The van der Waals surface area contributed by atoms with Crippen LogP contribution in [0.4, 0.5) is 0 Å². The zero-order valence-electron chi connectivity index (χ0n) is 15.9. The maximum Gasteiger partial charge on any atom is 0.0233 e. The molecule has 2 nitrogen and oxygen atoms in total. The van der Waals surface area contributed by atoms with Gasteiger partial charge in [-0.1, -0.05) is 31.8 Å². The monoisotopic (exact) mass is 304 g/mol. The predicted molar refractivity (Wildman–Crippen MR) is 97.9 cm³/mol. The molecule has 0 saturated carbocycles. The van der Waals surface area contributed by atoms with E-state index in [4.69, 9.17) is 0 Å². The van der Waals surface area contributed by atoms with Crippen molar-refractivity contribution in [1.29, 1.82) is 0 Å². The highest BCUT2D eigenvalue weighted by atomic mass is 15.1. The summed E-state index contributed by atoms with van der Waals surface area (Å²) in [6.45, 7) is 16.0. The fourth-order valence-corrected chi connectivity index (χ4v) is 3.36. The van der Waals surface area contributed by atoms with Gasteiger partial charge in [0.1, 0.15) is 0 Å². The fourth-order valence-electron chi connectivity index (χ4n) is 3.36. The van der Waals surface area contributed by atoms with Crippen LogP contribution in [0.3, 0.4) is 0 Å². The second kappa shape index (κ2) is 8.18. The molecule has 0 aliphatic carbocycles. The van der Waals surface area contributed by atoms with Crippen LogP contribution in [0.1, 0.15) is 47.5 Å². The minimum Gasteiger partial charge on any atom is -0.309 e. The molecule has 1 saturated heterocycles. The summed E-state index contributed by atoms with van der Waals surface area (Å²) in [5.41, 5.74) is 0.518. The molecule has 0 aromatic rings. The van der Waals surface area contributed by atoms with Crippen molar-refractivity contribution in [2.24, 2.45) is 16.7 Å². The van der Waals surface area contributed by atoms with Crippen molar-refractivity contribution >= 4 is 0 Å². The van der Waals surface area contributed by atoms with E-state index in [1.54, 1.807) is 0 Å². The predicted octanol–water partition coefficient (Wildman–Crippen LogP) is 3.89. The molecular formula is C20H36N2. The molecule has 0 amide bonds. The molecule has 22 heavy (non-hydrogen) atoms. The largest absolute Gasteiger partial charge is 0.309 e. The topological polar surface area (TPSA) is 6.48 Å². The Balaban J connectivity index is 2.36. The summed E-state index contributed by atoms with van der Waals surface area (Å²) >= 11 is 0. The first-order valence-corrected chi connectivity index (χ1v) is 8.65. The molecule has 0 aromatic carbocycles. The molecule has 1 heterocycles. The lowest BCUT2D eigenvalue weighted by Gasteiger charge is -2.41. The van der Waals surface area contributed by atoms with Gasteiger partial charge in [-0.2, -0.15) is 0 Å². The van der Waals surface area contributed by atoms with Crippen LogP contribution in [0.15, 0.2) is 12.2 Å². The Morgan fingerprint density at radius 3 is 2.18 bits per heavy atom. The summed E-state index contributed by atoms with van der Waals surface area (Å²) in [5, 5.41) is 0. The fraction of sp³-hybridized carbons (Fsp3) is 0.800. The summed E-state index contributed by atoms with van der Waals surface area (Å²) in [6, 6.07) is 0. The van der Waals surface area contributed by atoms with Gasteiger partial charge >= 0.3 is 0 Å². The molecule has 0 bridgehead atoms. The second-order valence-electron chi connectivity index (χ2n) is 8.72. The Hall–Kier alpha value is -0.780. The molecule has 126 valence electrons. The molecule has 2 heteroatoms. The molecule has 0 spiro atoms. The van der Waals surface area contributed by atoms with Gasteiger partial charge < -0.3 is 4.90 Å². The third kappa shape index (κ3) is 7.47. The molecule has 0 radical (unpaired) electrons. The number of rotatable bonds is 5. The van der Waals surface area contributed by atoms with E-state index in [0.29, 0.717) is 5.41 Å². The third-order valence-electron chi connectivity index (χ3n) is 4.43. The summed E-state index contributed by atoms with van der Waals surface area (Å²) in [6.07, 6.45) is 6.88. The highest BCUT2D eigenvalue weighted by molar-refractivity contribution is 5.19. The van der Waals surface area contributed by atoms with Crippen LogP contribution in [0.5, 0.6) is 0 Å². The van der Waals surface area contributed by atoms with Gasteiger partial charge in [0.25, 0.3) is 0 Å². The third-order valence-corrected chi connectivity index (χ3v) is 4.43. The lowest BCUT2D eigenvalue weighted by molar-refractivity contribution is 0.0833. The zero-order chi connectivity index (χ0) is 16.8. The number of piperidine rings is 1. The number of likely N-dealkylation sites (tertiary alicyclic amines) is 1. The summed E-state index contributed by atoms with van der Waals surface area (Å²) < 4.78 is 0. The standard InChI is InChI=1S/C20H36N2/c1-19(2,3)13-9-8-10-14-22-15-11-18(12-16-22)20(4,5)17-21(6)7/h8,10,18H,11-12,14-17H2,1-7H3/b10-8+. The van der Waals surface area contributed by atoms with E-state index in [0.717, 1.165) is 12.5 Å². The molecule has 1 aliphatic heterocycles. The van der Waals surface area contributed by atoms with Gasteiger partial charge in [0.05, 0.1) is 0 Å². The zero-order valence-corrected chi connectivity index (χ0v) is 15.9. The average molecular weight is 305 g/mol. The van der Waals surface area contributed by atoms with E-state index in [9.17, 15) is 0 Å². The van der Waals surface area contributed by atoms with Gasteiger partial charge in [-0.15, -0.1) is 0 Å². The van der Waals surface area contributed by atoms with E-state index >= 15 is 0 Å². The van der Waals surface area contributed by atoms with Crippen LogP contribution >= 0.6 is 0 Å². The van der Waals surface area contributed by atoms with Crippen LogP contribution in [0.2, 0.25) is 0 Å². The second-order valence-corrected chi connectivity index (χ2v) is 8.72. The summed E-state index contributed by atoms with van der Waals surface area (Å²) in [7, 11) is 4.36.